The summed E-state index contributed by atoms with van der Waals surface area (Å²) >= 11 is 0. The number of aryl methyl sites for hydroxylation is 2. The van der Waals surface area contributed by atoms with Crippen LogP contribution in [0.4, 0.5) is 5.82 Å². The molecule has 0 atom stereocenters. The van der Waals surface area contributed by atoms with Crippen molar-refractivity contribution < 1.29 is 4.79 Å². The minimum absolute atomic E-state index is 0.0519. The number of carbonyl (C=O) groups is 1. The summed E-state index contributed by atoms with van der Waals surface area (Å²) in [7, 11) is 2.14. The number of benzene rings is 1. The van der Waals surface area contributed by atoms with Gasteiger partial charge in [0.1, 0.15) is 17.8 Å². The van der Waals surface area contributed by atoms with E-state index in [1.807, 2.05) is 42.8 Å². The average Bonchev–Trinajstić information content (AvgIpc) is 3.24. The van der Waals surface area contributed by atoms with Gasteiger partial charge in [-0.3, -0.25) is 9.78 Å². The Morgan fingerprint density at radius 3 is 2.67 bits per heavy atom. The van der Waals surface area contributed by atoms with Crippen molar-refractivity contribution in [3.8, 4) is 11.8 Å². The molecule has 0 aliphatic carbocycles. The molecule has 0 saturated carbocycles. The summed E-state index contributed by atoms with van der Waals surface area (Å²) in [6.07, 6.45) is 5.44. The number of ketones is 1. The van der Waals surface area contributed by atoms with Crippen molar-refractivity contribution in [2.75, 3.05) is 25.9 Å². The third kappa shape index (κ3) is 4.83. The van der Waals surface area contributed by atoms with Gasteiger partial charge in [0, 0.05) is 29.4 Å². The number of rotatable bonds is 4. The molecule has 0 radical (unpaired) electrons. The summed E-state index contributed by atoms with van der Waals surface area (Å²) in [5.74, 6) is 6.93. The predicted molar refractivity (Wildman–Crippen MR) is 140 cm³/mol. The second-order valence-corrected chi connectivity index (χ2v) is 9.47. The Balaban J connectivity index is 1.46. The lowest BCUT2D eigenvalue weighted by molar-refractivity contribution is 0.0992. The van der Waals surface area contributed by atoms with Crippen molar-refractivity contribution >= 4 is 22.6 Å². The lowest BCUT2D eigenvalue weighted by Gasteiger charge is -2.29. The topological polar surface area (TPSA) is 103 Å². The van der Waals surface area contributed by atoms with Crippen molar-refractivity contribution in [2.45, 2.75) is 39.2 Å². The molecule has 5 rings (SSSR count). The fourth-order valence-electron chi connectivity index (χ4n) is 4.62. The molecule has 1 aromatic carbocycles. The second kappa shape index (κ2) is 9.88. The van der Waals surface area contributed by atoms with Gasteiger partial charge in [-0.2, -0.15) is 5.10 Å². The molecule has 0 unspecified atom stereocenters. The molecule has 0 amide bonds. The molecule has 8 nitrogen and oxygen atoms in total. The first-order chi connectivity index (χ1) is 17.4. The zero-order valence-corrected chi connectivity index (χ0v) is 20.8. The highest BCUT2D eigenvalue weighted by atomic mass is 16.1. The smallest absolute Gasteiger partial charge is 0.167 e. The predicted octanol–water partition coefficient (Wildman–Crippen LogP) is 3.51. The molecule has 1 fully saturated rings. The number of likely N-dealkylation sites (tertiary alicyclic amines) is 1. The first kappa shape index (κ1) is 23.6. The van der Waals surface area contributed by atoms with Crippen LogP contribution < -0.4 is 5.73 Å². The van der Waals surface area contributed by atoms with Crippen molar-refractivity contribution in [3.05, 3.63) is 76.5 Å². The molecule has 1 saturated heterocycles. The van der Waals surface area contributed by atoms with Crippen LogP contribution in [0.3, 0.4) is 0 Å². The van der Waals surface area contributed by atoms with E-state index in [0.717, 1.165) is 54.0 Å². The molecule has 1 aliphatic rings. The van der Waals surface area contributed by atoms with Gasteiger partial charge in [0.05, 0.1) is 11.4 Å². The van der Waals surface area contributed by atoms with Gasteiger partial charge in [-0.05, 0) is 82.1 Å². The molecular weight excluding hydrogens is 450 g/mol. The molecule has 182 valence electrons. The van der Waals surface area contributed by atoms with E-state index >= 15 is 0 Å². The lowest BCUT2D eigenvalue weighted by atomic mass is 9.99. The maximum absolute atomic E-state index is 12.8. The van der Waals surface area contributed by atoms with E-state index in [1.54, 1.807) is 12.3 Å². The minimum Gasteiger partial charge on any atom is -0.383 e. The number of hydrogen-bond acceptors (Lipinski definition) is 7. The summed E-state index contributed by atoms with van der Waals surface area (Å²) in [6, 6.07) is 9.77. The lowest BCUT2D eigenvalue weighted by Crippen LogP contribution is -2.32. The monoisotopic (exact) mass is 479 g/mol. The summed E-state index contributed by atoms with van der Waals surface area (Å²) in [4.78, 5) is 28.0. The average molecular weight is 480 g/mol. The van der Waals surface area contributed by atoms with Crippen molar-refractivity contribution in [2.24, 2.45) is 0 Å². The molecule has 4 aromatic rings. The van der Waals surface area contributed by atoms with Crippen LogP contribution in [-0.4, -0.2) is 55.6 Å². The molecular formula is C28H29N7O. The van der Waals surface area contributed by atoms with Crippen LogP contribution in [0, 0.1) is 25.7 Å². The van der Waals surface area contributed by atoms with E-state index in [9.17, 15) is 4.79 Å². The Labute approximate surface area is 210 Å². The Bertz CT molecular complexity index is 1500. The number of nitrogens with zero attached hydrogens (tertiary/aromatic N) is 6. The fourth-order valence-corrected chi connectivity index (χ4v) is 4.62. The van der Waals surface area contributed by atoms with Crippen LogP contribution in [0.15, 0.2) is 42.9 Å². The number of pyridine rings is 1. The van der Waals surface area contributed by atoms with Crippen LogP contribution >= 0.6 is 0 Å². The van der Waals surface area contributed by atoms with Gasteiger partial charge in [-0.1, -0.05) is 18.1 Å². The van der Waals surface area contributed by atoms with Crippen molar-refractivity contribution in [1.29, 1.82) is 0 Å². The Morgan fingerprint density at radius 2 is 1.89 bits per heavy atom. The largest absolute Gasteiger partial charge is 0.383 e. The SMILES string of the molecule is Cc1cc(C(=O)Cc2ccc(C)c(C#Cc3nn(C4CCN(C)CC4)c4ncnc(N)c34)c2)ccn1. The van der Waals surface area contributed by atoms with Gasteiger partial charge in [0.2, 0.25) is 0 Å². The standard InChI is InChI=1S/C28H29N7O/c1-18-4-5-20(16-25(36)22-8-11-30-19(2)14-22)15-21(18)6-7-24-26-27(29)31-17-32-28(26)35(33-24)23-9-12-34(3)13-10-23/h4-5,8,11,14-15,17,23H,9-10,12-13,16H2,1-3H3,(H2,29,31,32). The van der Waals surface area contributed by atoms with E-state index in [-0.39, 0.29) is 11.8 Å². The molecule has 36 heavy (non-hydrogen) atoms. The zero-order valence-electron chi connectivity index (χ0n) is 20.8. The minimum atomic E-state index is 0.0519. The number of hydrogen-bond donors (Lipinski definition) is 1. The zero-order chi connectivity index (χ0) is 25.2. The Hall–Kier alpha value is -4.09. The van der Waals surface area contributed by atoms with E-state index in [0.29, 0.717) is 28.9 Å². The molecule has 0 bridgehead atoms. The van der Waals surface area contributed by atoms with Gasteiger partial charge in [-0.25, -0.2) is 14.6 Å². The number of aromatic nitrogens is 5. The number of fused-ring (bicyclic) bond motifs is 1. The summed E-state index contributed by atoms with van der Waals surface area (Å²) in [5.41, 5.74) is 11.8. The van der Waals surface area contributed by atoms with Gasteiger partial charge >= 0.3 is 0 Å². The summed E-state index contributed by atoms with van der Waals surface area (Å²) in [5, 5.41) is 5.54. The third-order valence-electron chi connectivity index (χ3n) is 6.75. The Morgan fingerprint density at radius 1 is 1.08 bits per heavy atom. The van der Waals surface area contributed by atoms with Crippen LogP contribution in [-0.2, 0) is 6.42 Å². The molecule has 1 aliphatic heterocycles. The Kier molecular flexibility index (Phi) is 6.49. The molecule has 8 heteroatoms. The van der Waals surface area contributed by atoms with Gasteiger partial charge in [-0.15, -0.1) is 0 Å². The maximum atomic E-state index is 12.8. The fraction of sp³-hybridized carbons (Fsp3) is 0.321. The first-order valence-corrected chi connectivity index (χ1v) is 12.1. The van der Waals surface area contributed by atoms with E-state index in [2.05, 4.69) is 38.7 Å². The van der Waals surface area contributed by atoms with Crippen LogP contribution in [0.5, 0.6) is 0 Å². The number of Topliss-reactive ketones (excluding diaryl/α,β-unsaturated/α-hetero) is 1. The molecule has 2 N–H and O–H groups in total. The van der Waals surface area contributed by atoms with Crippen LogP contribution in [0.1, 0.15) is 57.3 Å². The van der Waals surface area contributed by atoms with Crippen LogP contribution in [0.2, 0.25) is 0 Å². The van der Waals surface area contributed by atoms with E-state index in [1.165, 1.54) is 6.33 Å². The van der Waals surface area contributed by atoms with E-state index in [4.69, 9.17) is 10.8 Å². The van der Waals surface area contributed by atoms with Gasteiger partial charge < -0.3 is 10.6 Å². The van der Waals surface area contributed by atoms with Crippen molar-refractivity contribution in [3.63, 3.8) is 0 Å². The summed E-state index contributed by atoms with van der Waals surface area (Å²) in [6.45, 7) is 5.91. The second-order valence-electron chi connectivity index (χ2n) is 9.47. The van der Waals surface area contributed by atoms with Gasteiger partial charge in [0.25, 0.3) is 0 Å². The highest BCUT2D eigenvalue weighted by Crippen LogP contribution is 2.28. The van der Waals surface area contributed by atoms with Gasteiger partial charge in [0.15, 0.2) is 11.4 Å². The quantitative estimate of drug-likeness (QED) is 0.353. The highest BCUT2D eigenvalue weighted by Gasteiger charge is 2.24. The van der Waals surface area contributed by atoms with Crippen molar-refractivity contribution in [1.82, 2.24) is 29.6 Å². The number of carbonyl (C=O) groups excluding carboxylic acids is 1. The third-order valence-corrected chi connectivity index (χ3v) is 6.75. The number of nitrogen functional groups attached to an aromatic ring is 1. The van der Waals surface area contributed by atoms with E-state index < -0.39 is 0 Å². The normalized spacial score (nSPS) is 14.5. The summed E-state index contributed by atoms with van der Waals surface area (Å²) < 4.78 is 1.98. The molecule has 3 aromatic heterocycles. The molecule has 4 heterocycles. The maximum Gasteiger partial charge on any atom is 0.167 e. The number of nitrogens with two attached hydrogens (primary N) is 1. The van der Waals surface area contributed by atoms with Crippen LogP contribution in [0.25, 0.3) is 11.0 Å². The number of piperidine rings is 1. The first-order valence-electron chi connectivity index (χ1n) is 12.1. The highest BCUT2D eigenvalue weighted by molar-refractivity contribution is 5.97. The molecule has 0 spiro atoms. The number of anilines is 1.